The highest BCUT2D eigenvalue weighted by Crippen LogP contribution is 2.27. The molecule has 0 aliphatic rings. The van der Waals surface area contributed by atoms with E-state index in [1.165, 1.54) is 5.56 Å². The predicted octanol–water partition coefficient (Wildman–Crippen LogP) is 5.93. The number of hydrogen-bond acceptors (Lipinski definition) is 4. The number of amides is 1. The Balaban J connectivity index is 1.52. The topological polar surface area (TPSA) is 84.9 Å². The predicted molar refractivity (Wildman–Crippen MR) is 133 cm³/mol. The molecule has 0 fully saturated rings. The zero-order valence-corrected chi connectivity index (χ0v) is 19.6. The molecule has 178 valence electrons. The number of para-hydroxylation sites is 1. The van der Waals surface area contributed by atoms with Crippen LogP contribution in [0.25, 0.3) is 0 Å². The summed E-state index contributed by atoms with van der Waals surface area (Å²) in [5, 5.41) is 11.6. The molecule has 2 N–H and O–H groups in total. The van der Waals surface area contributed by atoms with Gasteiger partial charge in [-0.1, -0.05) is 56.3 Å². The summed E-state index contributed by atoms with van der Waals surface area (Å²) in [7, 11) is 0. The van der Waals surface area contributed by atoms with Gasteiger partial charge in [0.15, 0.2) is 0 Å². The Kier molecular flexibility index (Phi) is 8.68. The first-order chi connectivity index (χ1) is 16.3. The van der Waals surface area contributed by atoms with E-state index in [9.17, 15) is 9.59 Å². The number of nitrogens with one attached hydrogen (secondary N) is 1. The SMILES string of the molecule is CC(C)(CCOc1ccc(NC(=O)c2ccccc2OCCCC(=O)O)cc1)c1ccccc1. The molecule has 0 radical (unpaired) electrons. The van der Waals surface area contributed by atoms with Crippen molar-refractivity contribution in [3.05, 3.63) is 90.0 Å². The highest BCUT2D eigenvalue weighted by Gasteiger charge is 2.20. The van der Waals surface area contributed by atoms with Crippen LogP contribution in [0.3, 0.4) is 0 Å². The minimum atomic E-state index is -0.873. The largest absolute Gasteiger partial charge is 0.494 e. The minimum Gasteiger partial charge on any atom is -0.494 e. The molecular weight excluding hydrogens is 430 g/mol. The van der Waals surface area contributed by atoms with Crippen molar-refractivity contribution in [2.24, 2.45) is 0 Å². The molecule has 0 atom stereocenters. The molecule has 0 heterocycles. The maximum Gasteiger partial charge on any atom is 0.303 e. The molecule has 0 aliphatic carbocycles. The van der Waals surface area contributed by atoms with Gasteiger partial charge in [0.1, 0.15) is 11.5 Å². The van der Waals surface area contributed by atoms with Gasteiger partial charge < -0.3 is 19.9 Å². The van der Waals surface area contributed by atoms with Gasteiger partial charge in [-0.05, 0) is 60.2 Å². The van der Waals surface area contributed by atoms with E-state index in [1.54, 1.807) is 36.4 Å². The molecule has 0 saturated heterocycles. The Labute approximate surface area is 200 Å². The first-order valence-corrected chi connectivity index (χ1v) is 11.4. The first-order valence-electron chi connectivity index (χ1n) is 11.4. The van der Waals surface area contributed by atoms with Crippen LogP contribution in [0, 0.1) is 0 Å². The van der Waals surface area contributed by atoms with Gasteiger partial charge in [0, 0.05) is 12.1 Å². The highest BCUT2D eigenvalue weighted by atomic mass is 16.5. The molecule has 1 amide bonds. The van der Waals surface area contributed by atoms with Crippen molar-refractivity contribution in [2.75, 3.05) is 18.5 Å². The molecule has 6 heteroatoms. The standard InChI is InChI=1S/C28H31NO5/c1-28(2,21-9-4-3-5-10-21)18-20-33-23-16-14-22(15-17-23)29-27(32)24-11-6-7-12-25(24)34-19-8-13-26(30)31/h3-7,9-12,14-17H,8,13,18-20H2,1-2H3,(H,29,32)(H,30,31). The third kappa shape index (κ3) is 7.37. The summed E-state index contributed by atoms with van der Waals surface area (Å²) in [6.07, 6.45) is 1.26. The molecule has 0 spiro atoms. The molecule has 0 aliphatic heterocycles. The van der Waals surface area contributed by atoms with Crippen molar-refractivity contribution >= 4 is 17.6 Å². The molecule has 3 aromatic rings. The highest BCUT2D eigenvalue weighted by molar-refractivity contribution is 6.06. The summed E-state index contributed by atoms with van der Waals surface area (Å²) < 4.78 is 11.5. The fourth-order valence-corrected chi connectivity index (χ4v) is 3.48. The normalized spacial score (nSPS) is 11.0. The maximum atomic E-state index is 12.8. The Morgan fingerprint density at radius 3 is 2.24 bits per heavy atom. The Morgan fingerprint density at radius 1 is 0.853 bits per heavy atom. The van der Waals surface area contributed by atoms with Gasteiger partial charge in [-0.25, -0.2) is 0 Å². The van der Waals surface area contributed by atoms with Crippen LogP contribution in [0.15, 0.2) is 78.9 Å². The van der Waals surface area contributed by atoms with E-state index in [1.807, 2.05) is 18.2 Å². The van der Waals surface area contributed by atoms with E-state index in [2.05, 4.69) is 43.4 Å². The molecule has 0 unspecified atom stereocenters. The van der Waals surface area contributed by atoms with Crippen molar-refractivity contribution in [2.45, 2.75) is 38.5 Å². The lowest BCUT2D eigenvalue weighted by molar-refractivity contribution is -0.137. The number of aliphatic carboxylic acids is 1. The molecule has 6 nitrogen and oxygen atoms in total. The Morgan fingerprint density at radius 2 is 1.53 bits per heavy atom. The summed E-state index contributed by atoms with van der Waals surface area (Å²) in [6, 6.07) is 24.6. The lowest BCUT2D eigenvalue weighted by Crippen LogP contribution is -2.20. The first kappa shape index (κ1) is 24.8. The third-order valence-corrected chi connectivity index (χ3v) is 5.59. The van der Waals surface area contributed by atoms with Crippen molar-refractivity contribution in [3.63, 3.8) is 0 Å². The van der Waals surface area contributed by atoms with E-state index in [-0.39, 0.29) is 24.3 Å². The van der Waals surface area contributed by atoms with Crippen molar-refractivity contribution in [1.29, 1.82) is 0 Å². The van der Waals surface area contributed by atoms with Gasteiger partial charge in [-0.15, -0.1) is 0 Å². The number of carbonyl (C=O) groups is 2. The third-order valence-electron chi connectivity index (χ3n) is 5.59. The van der Waals surface area contributed by atoms with Crippen molar-refractivity contribution < 1.29 is 24.2 Å². The number of benzene rings is 3. The van der Waals surface area contributed by atoms with E-state index in [4.69, 9.17) is 14.6 Å². The number of rotatable bonds is 12. The second kappa shape index (κ2) is 11.9. The van der Waals surface area contributed by atoms with Crippen LogP contribution < -0.4 is 14.8 Å². The lowest BCUT2D eigenvalue weighted by atomic mass is 9.82. The molecule has 0 bridgehead atoms. The molecule has 0 aromatic heterocycles. The van der Waals surface area contributed by atoms with Crippen LogP contribution in [-0.4, -0.2) is 30.2 Å². The summed E-state index contributed by atoms with van der Waals surface area (Å²) >= 11 is 0. The second-order valence-electron chi connectivity index (χ2n) is 8.67. The molecule has 0 saturated carbocycles. The fraction of sp³-hybridized carbons (Fsp3) is 0.286. The molecule has 3 rings (SSSR count). The van der Waals surface area contributed by atoms with Crippen LogP contribution in [0.1, 0.15) is 49.0 Å². The van der Waals surface area contributed by atoms with Crippen LogP contribution in [0.4, 0.5) is 5.69 Å². The zero-order chi connectivity index (χ0) is 24.4. The van der Waals surface area contributed by atoms with Crippen molar-refractivity contribution in [3.8, 4) is 11.5 Å². The number of carboxylic acid groups (broad SMARTS) is 1. The van der Waals surface area contributed by atoms with Crippen LogP contribution in [0.5, 0.6) is 11.5 Å². The smallest absolute Gasteiger partial charge is 0.303 e. The molecule has 34 heavy (non-hydrogen) atoms. The van der Waals surface area contributed by atoms with Gasteiger partial charge >= 0.3 is 5.97 Å². The monoisotopic (exact) mass is 461 g/mol. The second-order valence-corrected chi connectivity index (χ2v) is 8.67. The molecular formula is C28H31NO5. The van der Waals surface area contributed by atoms with E-state index in [0.29, 0.717) is 30.0 Å². The Hall–Kier alpha value is -3.80. The maximum absolute atomic E-state index is 12.8. The van der Waals surface area contributed by atoms with Crippen molar-refractivity contribution in [1.82, 2.24) is 0 Å². The number of anilines is 1. The number of carboxylic acids is 1. The fourth-order valence-electron chi connectivity index (χ4n) is 3.48. The summed E-state index contributed by atoms with van der Waals surface area (Å²) in [4.78, 5) is 23.4. The van der Waals surface area contributed by atoms with E-state index in [0.717, 1.165) is 12.2 Å². The van der Waals surface area contributed by atoms with Crippen LogP contribution in [0.2, 0.25) is 0 Å². The zero-order valence-electron chi connectivity index (χ0n) is 19.6. The Bertz CT molecular complexity index is 1080. The number of carbonyl (C=O) groups excluding carboxylic acids is 1. The lowest BCUT2D eigenvalue weighted by Gasteiger charge is -2.25. The van der Waals surface area contributed by atoms with Gasteiger partial charge in [0.2, 0.25) is 0 Å². The van der Waals surface area contributed by atoms with Gasteiger partial charge in [-0.3, -0.25) is 9.59 Å². The number of hydrogen-bond donors (Lipinski definition) is 2. The quantitative estimate of drug-likeness (QED) is 0.327. The summed E-state index contributed by atoms with van der Waals surface area (Å²) in [5.74, 6) is -0.00975. The van der Waals surface area contributed by atoms with E-state index < -0.39 is 5.97 Å². The minimum absolute atomic E-state index is 0.0122. The average Bonchev–Trinajstić information content (AvgIpc) is 2.83. The average molecular weight is 462 g/mol. The van der Waals surface area contributed by atoms with E-state index >= 15 is 0 Å². The molecule has 3 aromatic carbocycles. The van der Waals surface area contributed by atoms with Crippen LogP contribution >= 0.6 is 0 Å². The van der Waals surface area contributed by atoms with Crippen LogP contribution in [-0.2, 0) is 10.2 Å². The summed E-state index contributed by atoms with van der Waals surface area (Å²) in [5.41, 5.74) is 2.32. The van der Waals surface area contributed by atoms with Gasteiger partial charge in [0.05, 0.1) is 18.8 Å². The van der Waals surface area contributed by atoms with Gasteiger partial charge in [-0.2, -0.15) is 0 Å². The number of ether oxygens (including phenoxy) is 2. The summed E-state index contributed by atoms with van der Waals surface area (Å²) in [6.45, 7) is 5.22. The van der Waals surface area contributed by atoms with Gasteiger partial charge in [0.25, 0.3) is 5.91 Å².